The number of pyridine rings is 1. The van der Waals surface area contributed by atoms with E-state index in [4.69, 9.17) is 10.00 Å². The number of nitrogens with zero attached hydrogens (tertiary/aromatic N) is 4. The van der Waals surface area contributed by atoms with Crippen molar-refractivity contribution in [3.8, 4) is 17.6 Å². The largest absolute Gasteiger partial charge is 0.453 e. The second-order valence-corrected chi connectivity index (χ2v) is 7.69. The van der Waals surface area contributed by atoms with Gasteiger partial charge in [0.2, 0.25) is 5.91 Å². The molecule has 3 rings (SSSR count). The van der Waals surface area contributed by atoms with Crippen molar-refractivity contribution in [2.24, 2.45) is 0 Å². The molecule has 168 valence electrons. The molecule has 2 aromatic carbocycles. The average Bonchev–Trinajstić information content (AvgIpc) is 2.82. The molecule has 0 atom stereocenters. The fourth-order valence-electron chi connectivity index (χ4n) is 3.00. The molecule has 7 heteroatoms. The number of hydrogen-bond acceptors (Lipinski definition) is 5. The Kier molecular flexibility index (Phi) is 8.28. The molecule has 0 fully saturated rings. The summed E-state index contributed by atoms with van der Waals surface area (Å²) in [7, 11) is 3.89. The Labute approximate surface area is 193 Å². The molecule has 0 saturated carbocycles. The first-order chi connectivity index (χ1) is 15.9. The summed E-state index contributed by atoms with van der Waals surface area (Å²) in [5.74, 6) is -0.193. The summed E-state index contributed by atoms with van der Waals surface area (Å²) >= 11 is 0. The van der Waals surface area contributed by atoms with Crippen molar-refractivity contribution in [1.82, 2.24) is 14.8 Å². The third-order valence-electron chi connectivity index (χ3n) is 4.82. The van der Waals surface area contributed by atoms with E-state index in [1.807, 2.05) is 31.1 Å². The summed E-state index contributed by atoms with van der Waals surface area (Å²) in [4.78, 5) is 20.5. The first kappa shape index (κ1) is 23.6. The molecular formula is C26H25FN4O2. The highest BCUT2D eigenvalue weighted by Gasteiger charge is 2.12. The zero-order valence-corrected chi connectivity index (χ0v) is 18.6. The third-order valence-corrected chi connectivity index (χ3v) is 4.82. The smallest absolute Gasteiger partial charge is 0.246 e. The van der Waals surface area contributed by atoms with Gasteiger partial charge in [-0.05, 0) is 67.7 Å². The molecule has 0 saturated heterocycles. The average molecular weight is 445 g/mol. The number of halogens is 1. The molecule has 33 heavy (non-hydrogen) atoms. The fraction of sp³-hybridized carbons (Fsp3) is 0.192. The van der Waals surface area contributed by atoms with Crippen LogP contribution < -0.4 is 4.74 Å². The van der Waals surface area contributed by atoms with E-state index in [0.717, 1.165) is 5.56 Å². The maximum atomic E-state index is 14.5. The molecular weight excluding hydrogens is 419 g/mol. The van der Waals surface area contributed by atoms with Gasteiger partial charge in [0.1, 0.15) is 5.75 Å². The van der Waals surface area contributed by atoms with Crippen LogP contribution in [-0.4, -0.2) is 47.9 Å². The lowest BCUT2D eigenvalue weighted by Gasteiger charge is -2.23. The van der Waals surface area contributed by atoms with Gasteiger partial charge < -0.3 is 14.5 Å². The van der Waals surface area contributed by atoms with Crippen molar-refractivity contribution in [3.63, 3.8) is 0 Å². The van der Waals surface area contributed by atoms with Crippen LogP contribution in [0.4, 0.5) is 4.39 Å². The molecule has 0 aliphatic carbocycles. The SMILES string of the molecule is CN(C)CCN(Cc1ccc(C#N)cc1)C(=O)/C=C/c1ccc(Oc2cccnc2)c(F)c1. The summed E-state index contributed by atoms with van der Waals surface area (Å²) in [6.45, 7) is 1.64. The number of nitriles is 1. The number of rotatable bonds is 9. The van der Waals surface area contributed by atoms with Crippen LogP contribution in [0.25, 0.3) is 6.08 Å². The number of aromatic nitrogens is 1. The van der Waals surface area contributed by atoms with Gasteiger partial charge in [0.25, 0.3) is 0 Å². The van der Waals surface area contributed by atoms with Gasteiger partial charge in [-0.3, -0.25) is 9.78 Å². The van der Waals surface area contributed by atoms with E-state index in [-0.39, 0.29) is 11.7 Å². The molecule has 0 radical (unpaired) electrons. The number of benzene rings is 2. The Morgan fingerprint density at radius 2 is 1.94 bits per heavy atom. The van der Waals surface area contributed by atoms with Gasteiger partial charge in [-0.1, -0.05) is 18.2 Å². The fourth-order valence-corrected chi connectivity index (χ4v) is 3.00. The van der Waals surface area contributed by atoms with E-state index in [1.54, 1.807) is 47.5 Å². The Morgan fingerprint density at radius 1 is 1.15 bits per heavy atom. The maximum Gasteiger partial charge on any atom is 0.246 e. The number of carbonyl (C=O) groups is 1. The second kappa shape index (κ2) is 11.6. The molecule has 0 aliphatic heterocycles. The number of ether oxygens (including phenoxy) is 1. The van der Waals surface area contributed by atoms with E-state index < -0.39 is 5.82 Å². The summed E-state index contributed by atoms with van der Waals surface area (Å²) in [5, 5.41) is 8.97. The van der Waals surface area contributed by atoms with Crippen molar-refractivity contribution in [3.05, 3.63) is 95.6 Å². The Bertz CT molecular complexity index is 1140. The van der Waals surface area contributed by atoms with Crippen LogP contribution in [0.15, 0.2) is 73.1 Å². The zero-order chi connectivity index (χ0) is 23.6. The van der Waals surface area contributed by atoms with E-state index >= 15 is 0 Å². The van der Waals surface area contributed by atoms with E-state index in [9.17, 15) is 9.18 Å². The lowest BCUT2D eigenvalue weighted by molar-refractivity contribution is -0.126. The highest BCUT2D eigenvalue weighted by atomic mass is 19.1. The van der Waals surface area contributed by atoms with Gasteiger partial charge >= 0.3 is 0 Å². The normalized spacial score (nSPS) is 10.9. The lowest BCUT2D eigenvalue weighted by Crippen LogP contribution is -2.35. The highest BCUT2D eigenvalue weighted by Crippen LogP contribution is 2.25. The zero-order valence-electron chi connectivity index (χ0n) is 18.6. The minimum Gasteiger partial charge on any atom is -0.453 e. The van der Waals surface area contributed by atoms with Crippen LogP contribution in [0.2, 0.25) is 0 Å². The van der Waals surface area contributed by atoms with Crippen molar-refractivity contribution in [2.45, 2.75) is 6.54 Å². The second-order valence-electron chi connectivity index (χ2n) is 7.69. The molecule has 0 unspecified atom stereocenters. The Morgan fingerprint density at radius 3 is 2.58 bits per heavy atom. The summed E-state index contributed by atoms with van der Waals surface area (Å²) < 4.78 is 20.0. The minimum atomic E-state index is -0.532. The van der Waals surface area contributed by atoms with Gasteiger partial charge in [0.05, 0.1) is 17.8 Å². The van der Waals surface area contributed by atoms with E-state index in [0.29, 0.717) is 36.5 Å². The third kappa shape index (κ3) is 7.27. The number of likely N-dealkylation sites (N-methyl/N-ethyl adjacent to an activating group) is 1. The van der Waals surface area contributed by atoms with Crippen molar-refractivity contribution >= 4 is 12.0 Å². The molecule has 1 heterocycles. The number of amides is 1. The lowest BCUT2D eigenvalue weighted by atomic mass is 10.1. The minimum absolute atomic E-state index is 0.0832. The predicted molar refractivity (Wildman–Crippen MR) is 125 cm³/mol. The quantitative estimate of drug-likeness (QED) is 0.455. The topological polar surface area (TPSA) is 69.5 Å². The molecule has 1 amide bonds. The van der Waals surface area contributed by atoms with Crippen molar-refractivity contribution in [2.75, 3.05) is 27.2 Å². The molecule has 3 aromatic rings. The van der Waals surface area contributed by atoms with Crippen LogP contribution in [0.1, 0.15) is 16.7 Å². The molecule has 0 aliphatic rings. The van der Waals surface area contributed by atoms with E-state index in [1.165, 1.54) is 24.4 Å². The van der Waals surface area contributed by atoms with Gasteiger partial charge in [-0.2, -0.15) is 5.26 Å². The molecule has 0 spiro atoms. The van der Waals surface area contributed by atoms with Crippen LogP contribution in [-0.2, 0) is 11.3 Å². The van der Waals surface area contributed by atoms with Crippen molar-refractivity contribution < 1.29 is 13.9 Å². The molecule has 0 N–H and O–H groups in total. The van der Waals surface area contributed by atoms with Crippen LogP contribution in [0.3, 0.4) is 0 Å². The first-order valence-corrected chi connectivity index (χ1v) is 10.4. The van der Waals surface area contributed by atoms with Crippen molar-refractivity contribution in [1.29, 1.82) is 5.26 Å². The summed E-state index contributed by atoms with van der Waals surface area (Å²) in [6.07, 6.45) is 6.13. The number of carbonyl (C=O) groups excluding carboxylic acids is 1. The summed E-state index contributed by atoms with van der Waals surface area (Å²) in [6, 6.07) is 17.2. The van der Waals surface area contributed by atoms with Crippen LogP contribution >= 0.6 is 0 Å². The monoisotopic (exact) mass is 444 g/mol. The molecule has 1 aromatic heterocycles. The van der Waals surface area contributed by atoms with E-state index in [2.05, 4.69) is 11.1 Å². The first-order valence-electron chi connectivity index (χ1n) is 10.4. The molecule has 0 bridgehead atoms. The Hall–Kier alpha value is -4.02. The van der Waals surface area contributed by atoms with Gasteiger partial charge in [-0.15, -0.1) is 0 Å². The van der Waals surface area contributed by atoms with Gasteiger partial charge in [0, 0.05) is 31.9 Å². The number of hydrogen-bond donors (Lipinski definition) is 0. The summed E-state index contributed by atoms with van der Waals surface area (Å²) in [5.41, 5.74) is 2.05. The standard InChI is InChI=1S/C26H25FN4O2/c1-30(2)14-15-31(19-22-7-5-21(17-28)6-8-22)26(32)12-10-20-9-11-25(24(27)16-20)33-23-4-3-13-29-18-23/h3-13,16,18H,14-15,19H2,1-2H3/b12-10+. The highest BCUT2D eigenvalue weighted by molar-refractivity contribution is 5.91. The van der Waals surface area contributed by atoms with Crippen LogP contribution in [0, 0.1) is 17.1 Å². The maximum absolute atomic E-state index is 14.5. The van der Waals surface area contributed by atoms with Gasteiger partial charge in [0.15, 0.2) is 11.6 Å². The predicted octanol–water partition coefficient (Wildman–Crippen LogP) is 4.49. The van der Waals surface area contributed by atoms with Gasteiger partial charge in [-0.25, -0.2) is 4.39 Å². The Balaban J connectivity index is 1.69. The van der Waals surface area contributed by atoms with Crippen LogP contribution in [0.5, 0.6) is 11.5 Å². The molecule has 6 nitrogen and oxygen atoms in total.